The highest BCUT2D eigenvalue weighted by molar-refractivity contribution is 14.1. The van der Waals surface area contributed by atoms with Gasteiger partial charge >= 0.3 is 0 Å². The highest BCUT2D eigenvalue weighted by Gasteiger charge is 1.88. The van der Waals surface area contributed by atoms with Gasteiger partial charge in [0, 0.05) is 13.8 Å². The average Bonchev–Trinajstić information content (AvgIpc) is 1.87. The lowest BCUT2D eigenvalue weighted by Gasteiger charge is -2.03. The molecule has 0 saturated carbocycles. The second-order valence-corrected chi connectivity index (χ2v) is 2.71. The second-order valence-electron chi connectivity index (χ2n) is 1.46. The van der Waals surface area contributed by atoms with Crippen LogP contribution in [0, 0.1) is 0 Å². The molecule has 0 saturated heterocycles. The molecular formula is C5H10IN3. The van der Waals surface area contributed by atoms with E-state index in [4.69, 9.17) is 0 Å². The largest absolute Gasteiger partial charge is 0.188 e. The molecule has 0 aliphatic carbocycles. The lowest BCUT2D eigenvalue weighted by Crippen LogP contribution is -2.02. The quantitative estimate of drug-likeness (QED) is 0.418. The Morgan fingerprint density at radius 2 is 2.33 bits per heavy atom. The highest BCUT2D eigenvalue weighted by Crippen LogP contribution is 1.97. The summed E-state index contributed by atoms with van der Waals surface area (Å²) in [6, 6.07) is 0. The fourth-order valence-corrected chi connectivity index (χ4v) is 0.572. The molecule has 0 bridgehead atoms. The number of hydrogen-bond acceptors (Lipinski definition) is 3. The number of nitrogens with zero attached hydrogens (tertiary/aromatic N) is 3. The van der Waals surface area contributed by atoms with Crippen LogP contribution in [0.15, 0.2) is 10.2 Å². The first kappa shape index (κ1) is 8.87. The molecule has 3 nitrogen and oxygen atoms in total. The fourth-order valence-electron chi connectivity index (χ4n) is 0.259. The van der Waals surface area contributed by atoms with Crippen LogP contribution in [0.3, 0.4) is 0 Å². The third-order valence-corrected chi connectivity index (χ3v) is 1.73. The van der Waals surface area contributed by atoms with Gasteiger partial charge in [-0.2, -0.15) is 15.3 Å². The third-order valence-electron chi connectivity index (χ3n) is 0.750. The third kappa shape index (κ3) is 4.38. The summed E-state index contributed by atoms with van der Waals surface area (Å²) in [7, 11) is 1.75. The van der Waals surface area contributed by atoms with Gasteiger partial charge < -0.3 is 0 Å². The Labute approximate surface area is 69.0 Å². The van der Waals surface area contributed by atoms with Crippen LogP contribution in [-0.2, 0) is 0 Å². The molecule has 0 amide bonds. The summed E-state index contributed by atoms with van der Waals surface area (Å²) in [6.45, 7) is 5.36. The first-order valence-electron chi connectivity index (χ1n) is 2.64. The highest BCUT2D eigenvalue weighted by atomic mass is 127. The maximum Gasteiger partial charge on any atom is 0.100 e. The van der Waals surface area contributed by atoms with Gasteiger partial charge in [0.25, 0.3) is 0 Å². The summed E-state index contributed by atoms with van der Waals surface area (Å²) in [6.07, 6.45) is 0.945. The Morgan fingerprint density at radius 3 is 2.67 bits per heavy atom. The molecular weight excluding hydrogens is 229 g/mol. The zero-order chi connectivity index (χ0) is 7.28. The van der Waals surface area contributed by atoms with Crippen molar-refractivity contribution in [1.29, 1.82) is 0 Å². The van der Waals surface area contributed by atoms with Crippen LogP contribution in [0.25, 0.3) is 0 Å². The topological polar surface area (TPSA) is 28.0 Å². The standard InChI is InChI=1S/C5H10IN3/c1-4-5(6)8-9(3)7-2/h2,4H2,1,3H3/b8-5-. The predicted molar refractivity (Wildman–Crippen MR) is 49.1 cm³/mol. The second kappa shape index (κ2) is 4.72. The van der Waals surface area contributed by atoms with Crippen LogP contribution < -0.4 is 0 Å². The van der Waals surface area contributed by atoms with Crippen molar-refractivity contribution in [1.82, 2.24) is 5.12 Å². The predicted octanol–water partition coefficient (Wildman–Crippen LogP) is 1.69. The van der Waals surface area contributed by atoms with Gasteiger partial charge in [-0.1, -0.05) is 6.92 Å². The number of rotatable bonds is 3. The van der Waals surface area contributed by atoms with E-state index >= 15 is 0 Å². The van der Waals surface area contributed by atoms with Crippen LogP contribution in [0.4, 0.5) is 0 Å². The Morgan fingerprint density at radius 1 is 1.78 bits per heavy atom. The molecule has 0 aromatic rings. The molecule has 0 fully saturated rings. The summed E-state index contributed by atoms with van der Waals surface area (Å²) in [5.74, 6) is 0. The minimum atomic E-state index is 0.945. The molecule has 0 atom stereocenters. The van der Waals surface area contributed by atoms with Crippen molar-refractivity contribution in [3.63, 3.8) is 0 Å². The van der Waals surface area contributed by atoms with E-state index in [2.05, 4.69) is 39.5 Å². The molecule has 4 heteroatoms. The van der Waals surface area contributed by atoms with Crippen LogP contribution in [0.5, 0.6) is 0 Å². The first-order chi connectivity index (χ1) is 4.20. The van der Waals surface area contributed by atoms with Crippen LogP contribution >= 0.6 is 22.6 Å². The van der Waals surface area contributed by atoms with Gasteiger partial charge in [0.1, 0.15) is 3.72 Å². The van der Waals surface area contributed by atoms with Crippen LogP contribution in [0.1, 0.15) is 13.3 Å². The maximum atomic E-state index is 4.02. The van der Waals surface area contributed by atoms with Gasteiger partial charge in [0.05, 0.1) is 0 Å². The molecule has 9 heavy (non-hydrogen) atoms. The minimum absolute atomic E-state index is 0.945. The number of hydrazone groups is 2. The van der Waals surface area contributed by atoms with Crippen molar-refractivity contribution in [3.8, 4) is 0 Å². The lowest BCUT2D eigenvalue weighted by molar-refractivity contribution is 0.382. The molecule has 0 aliphatic heterocycles. The van der Waals surface area contributed by atoms with Gasteiger partial charge in [0.15, 0.2) is 0 Å². The zero-order valence-corrected chi connectivity index (χ0v) is 7.79. The maximum absolute atomic E-state index is 4.02. The van der Waals surface area contributed by atoms with E-state index < -0.39 is 0 Å². The summed E-state index contributed by atoms with van der Waals surface area (Å²) in [4.78, 5) is 0. The molecule has 0 radical (unpaired) electrons. The van der Waals surface area contributed by atoms with E-state index in [0.29, 0.717) is 0 Å². The number of halogens is 1. The van der Waals surface area contributed by atoms with E-state index in [9.17, 15) is 0 Å². The molecule has 52 valence electrons. The fraction of sp³-hybridized carbons (Fsp3) is 0.600. The monoisotopic (exact) mass is 239 g/mol. The zero-order valence-electron chi connectivity index (χ0n) is 5.63. The molecule has 0 N–H and O–H groups in total. The lowest BCUT2D eigenvalue weighted by atomic mass is 10.6. The van der Waals surface area contributed by atoms with E-state index in [-0.39, 0.29) is 0 Å². The van der Waals surface area contributed by atoms with E-state index in [1.165, 1.54) is 5.12 Å². The van der Waals surface area contributed by atoms with Gasteiger partial charge in [-0.25, -0.2) is 0 Å². The Balaban J connectivity index is 3.78. The molecule has 0 rings (SSSR count). The molecule has 0 unspecified atom stereocenters. The van der Waals surface area contributed by atoms with Crippen molar-refractivity contribution in [3.05, 3.63) is 0 Å². The van der Waals surface area contributed by atoms with Crippen LogP contribution in [-0.4, -0.2) is 22.6 Å². The SMILES string of the molecule is C=NN(C)/N=C(\I)CC. The van der Waals surface area contributed by atoms with E-state index in [0.717, 1.165) is 10.1 Å². The molecule has 0 spiro atoms. The Kier molecular flexibility index (Phi) is 4.65. The molecule has 0 heterocycles. The van der Waals surface area contributed by atoms with Gasteiger partial charge in [0.2, 0.25) is 0 Å². The summed E-state index contributed by atoms with van der Waals surface area (Å²) >= 11 is 2.16. The van der Waals surface area contributed by atoms with E-state index in [1.54, 1.807) is 7.05 Å². The van der Waals surface area contributed by atoms with Crippen molar-refractivity contribution in [2.75, 3.05) is 7.05 Å². The Bertz CT molecular complexity index is 121. The molecule has 0 aromatic heterocycles. The summed E-state index contributed by atoms with van der Waals surface area (Å²) < 4.78 is 1.03. The minimum Gasteiger partial charge on any atom is -0.188 e. The first-order valence-corrected chi connectivity index (χ1v) is 3.72. The smallest absolute Gasteiger partial charge is 0.100 e. The van der Waals surface area contributed by atoms with Crippen molar-refractivity contribution in [2.45, 2.75) is 13.3 Å². The van der Waals surface area contributed by atoms with E-state index in [1.807, 2.05) is 6.92 Å². The normalized spacial score (nSPS) is 11.2. The van der Waals surface area contributed by atoms with Gasteiger partial charge in [-0.05, 0) is 29.0 Å². The summed E-state index contributed by atoms with van der Waals surface area (Å²) in [5, 5.41) is 9.04. The van der Waals surface area contributed by atoms with Crippen molar-refractivity contribution >= 4 is 33.0 Å². The van der Waals surface area contributed by atoms with Gasteiger partial charge in [-0.3, -0.25) is 0 Å². The molecule has 0 aliphatic rings. The average molecular weight is 239 g/mol. The number of hydrogen-bond donors (Lipinski definition) is 0. The summed E-state index contributed by atoms with van der Waals surface area (Å²) in [5.41, 5.74) is 0. The van der Waals surface area contributed by atoms with Crippen LogP contribution in [0.2, 0.25) is 0 Å². The Hall–Kier alpha value is -0.130. The van der Waals surface area contributed by atoms with Crippen molar-refractivity contribution in [2.24, 2.45) is 10.2 Å². The van der Waals surface area contributed by atoms with Gasteiger partial charge in [-0.15, -0.1) is 0 Å². The molecule has 0 aromatic carbocycles. The van der Waals surface area contributed by atoms with Crippen molar-refractivity contribution < 1.29 is 0 Å².